The monoisotopic (exact) mass is 512 g/mol. The molecule has 2 saturated carbocycles. The van der Waals surface area contributed by atoms with Crippen molar-refractivity contribution >= 4 is 40.9 Å². The van der Waals surface area contributed by atoms with Crippen LogP contribution in [0.3, 0.4) is 0 Å². The first-order valence-corrected chi connectivity index (χ1v) is 13.8. The van der Waals surface area contributed by atoms with E-state index in [1.165, 1.54) is 23.8 Å². The zero-order valence-electron chi connectivity index (χ0n) is 20.0. The Morgan fingerprint density at radius 2 is 1.71 bits per heavy atom. The predicted octanol–water partition coefficient (Wildman–Crippen LogP) is 3.68. The Hall–Kier alpha value is -2.39. The molecule has 2 N–H and O–H groups in total. The summed E-state index contributed by atoms with van der Waals surface area (Å²) in [6.07, 6.45) is 0.792. The number of carboxylic acid groups (broad SMARTS) is 1. The van der Waals surface area contributed by atoms with Crippen molar-refractivity contribution in [2.24, 2.45) is 29.6 Å². The van der Waals surface area contributed by atoms with Gasteiger partial charge in [-0.2, -0.15) is 0 Å². The maximum atomic E-state index is 13.4. The van der Waals surface area contributed by atoms with Gasteiger partial charge in [0.2, 0.25) is 11.8 Å². The van der Waals surface area contributed by atoms with E-state index < -0.39 is 23.8 Å². The molecule has 2 aromatic rings. The molecule has 1 aromatic heterocycles. The summed E-state index contributed by atoms with van der Waals surface area (Å²) in [5, 5.41) is 10.5. The smallest absolute Gasteiger partial charge is 0.326 e. The van der Waals surface area contributed by atoms with Gasteiger partial charge in [0.15, 0.2) is 0 Å². The lowest BCUT2D eigenvalue weighted by molar-refractivity contribution is -0.154. The van der Waals surface area contributed by atoms with Gasteiger partial charge in [-0.15, -0.1) is 11.8 Å². The van der Waals surface area contributed by atoms with E-state index in [1.807, 2.05) is 0 Å². The fraction of sp³-hybridized carbons (Fsp3) is 0.538. The third-order valence-electron chi connectivity index (χ3n) is 8.64. The van der Waals surface area contributed by atoms with Crippen LogP contribution in [0.4, 0.5) is 0 Å². The molecule has 4 aliphatic rings. The van der Waals surface area contributed by atoms with Crippen LogP contribution in [-0.2, 0) is 19.8 Å². The van der Waals surface area contributed by atoms with Crippen LogP contribution in [0, 0.1) is 29.6 Å². The normalized spacial score (nSPS) is 34.1. The molecule has 9 heteroatoms. The van der Waals surface area contributed by atoms with Crippen molar-refractivity contribution in [2.75, 3.05) is 0 Å². The molecular formula is C26H28N2O5S2. The van der Waals surface area contributed by atoms with Gasteiger partial charge in [0.25, 0.3) is 0 Å². The number of aromatic nitrogens is 1. The quantitative estimate of drug-likeness (QED) is 0.608. The molecule has 3 heterocycles. The maximum absolute atomic E-state index is 13.4. The molecule has 184 valence electrons. The minimum absolute atomic E-state index is 0.00431. The lowest BCUT2D eigenvalue weighted by Crippen LogP contribution is -2.44. The number of likely N-dealkylation sites (tertiary alicyclic amines) is 1. The van der Waals surface area contributed by atoms with Crippen LogP contribution in [0.25, 0.3) is 0 Å². The van der Waals surface area contributed by atoms with E-state index in [4.69, 9.17) is 0 Å². The van der Waals surface area contributed by atoms with Gasteiger partial charge < -0.3 is 10.1 Å². The molecule has 2 bridgehead atoms. The zero-order chi connectivity index (χ0) is 25.0. The van der Waals surface area contributed by atoms with E-state index in [0.717, 1.165) is 26.8 Å². The molecule has 7 nitrogen and oxygen atoms in total. The number of fused-ring (bicyclic) bond motifs is 9. The standard InChI is InChI=1S/C26H28N2O5S2/c1-10(24(31)32)28-22(29)17-13-9-14(18(17)23(28)30)19-16(13)15(20-21(34-19)27-25(33)35-20)11-5-7-12(8-6-11)26(2,3)4/h5-8,10,13-19H,9H2,1-4H3,(H,27,33)(H,31,32)/t10-,13-,14-,15-,16-,17+,18-,19+/m1/s1. The first-order chi connectivity index (χ1) is 16.5. The van der Waals surface area contributed by atoms with Crippen molar-refractivity contribution in [3.05, 3.63) is 49.9 Å². The van der Waals surface area contributed by atoms with Gasteiger partial charge in [-0.1, -0.05) is 56.4 Å². The number of carbonyl (C=O) groups is 3. The lowest BCUT2D eigenvalue weighted by atomic mass is 9.68. The van der Waals surface area contributed by atoms with E-state index in [9.17, 15) is 24.3 Å². The molecule has 35 heavy (non-hydrogen) atoms. The van der Waals surface area contributed by atoms with E-state index in [-0.39, 0.29) is 51.0 Å². The van der Waals surface area contributed by atoms with Crippen LogP contribution in [0.15, 0.2) is 34.1 Å². The second kappa shape index (κ2) is 7.56. The van der Waals surface area contributed by atoms with E-state index in [2.05, 4.69) is 50.0 Å². The highest BCUT2D eigenvalue weighted by molar-refractivity contribution is 8.00. The van der Waals surface area contributed by atoms with Gasteiger partial charge in [0.1, 0.15) is 6.04 Å². The number of amides is 2. The number of H-pyrrole nitrogens is 1. The number of nitrogens with one attached hydrogen (secondary N) is 1. The van der Waals surface area contributed by atoms with Crippen molar-refractivity contribution in [3.63, 3.8) is 0 Å². The van der Waals surface area contributed by atoms with Crippen LogP contribution in [-0.4, -0.2) is 44.1 Å². The van der Waals surface area contributed by atoms with Crippen LogP contribution in [0.2, 0.25) is 0 Å². The van der Waals surface area contributed by atoms with Crippen LogP contribution < -0.4 is 4.87 Å². The number of thioether (sulfide) groups is 1. The minimum Gasteiger partial charge on any atom is -0.480 e. The topological polar surface area (TPSA) is 108 Å². The Balaban J connectivity index is 1.43. The number of carbonyl (C=O) groups excluding carboxylic acids is 2. The third-order valence-corrected chi connectivity index (χ3v) is 11.2. The number of hydrogen-bond donors (Lipinski definition) is 2. The number of aromatic amines is 1. The summed E-state index contributed by atoms with van der Waals surface area (Å²) in [5.74, 6) is -2.69. The highest BCUT2D eigenvalue weighted by Crippen LogP contribution is 2.68. The van der Waals surface area contributed by atoms with Crippen molar-refractivity contribution in [3.8, 4) is 0 Å². The van der Waals surface area contributed by atoms with E-state index in [0.29, 0.717) is 0 Å². The first kappa shape index (κ1) is 23.0. The lowest BCUT2D eigenvalue weighted by Gasteiger charge is -2.43. The maximum Gasteiger partial charge on any atom is 0.326 e. The van der Waals surface area contributed by atoms with Crippen LogP contribution in [0.1, 0.15) is 56.0 Å². The summed E-state index contributed by atoms with van der Waals surface area (Å²) in [6, 6.07) is 7.44. The molecule has 6 rings (SSSR count). The summed E-state index contributed by atoms with van der Waals surface area (Å²) in [6.45, 7) is 7.93. The Morgan fingerprint density at radius 1 is 1.09 bits per heavy atom. The predicted molar refractivity (Wildman–Crippen MR) is 133 cm³/mol. The summed E-state index contributed by atoms with van der Waals surface area (Å²) in [4.78, 5) is 55.7. The van der Waals surface area contributed by atoms with Crippen molar-refractivity contribution in [1.29, 1.82) is 0 Å². The van der Waals surface area contributed by atoms with Gasteiger partial charge in [-0.3, -0.25) is 19.3 Å². The van der Waals surface area contributed by atoms with Gasteiger partial charge in [0.05, 0.1) is 16.9 Å². The number of benzene rings is 1. The molecule has 2 amide bonds. The average molecular weight is 513 g/mol. The Bertz CT molecular complexity index is 1310. The Kier molecular flexibility index (Phi) is 4.97. The Morgan fingerprint density at radius 3 is 2.31 bits per heavy atom. The van der Waals surface area contributed by atoms with Crippen LogP contribution >= 0.6 is 23.1 Å². The number of thiazole rings is 1. The molecule has 0 spiro atoms. The molecular weight excluding hydrogens is 484 g/mol. The zero-order valence-corrected chi connectivity index (χ0v) is 21.6. The van der Waals surface area contributed by atoms with Crippen LogP contribution in [0.5, 0.6) is 0 Å². The number of hydrogen-bond acceptors (Lipinski definition) is 6. The summed E-state index contributed by atoms with van der Waals surface area (Å²) in [5.41, 5.74) is 2.38. The number of rotatable bonds is 3. The molecule has 3 fully saturated rings. The number of aliphatic carboxylic acids is 1. The highest BCUT2D eigenvalue weighted by Gasteiger charge is 2.70. The van der Waals surface area contributed by atoms with Gasteiger partial charge in [0, 0.05) is 16.0 Å². The molecule has 1 aromatic carbocycles. The number of nitrogens with zero attached hydrogens (tertiary/aromatic N) is 1. The molecule has 1 saturated heterocycles. The van der Waals surface area contributed by atoms with Gasteiger partial charge in [-0.05, 0) is 47.6 Å². The fourth-order valence-electron chi connectivity index (χ4n) is 7.10. The Labute approximate surface area is 211 Å². The van der Waals surface area contributed by atoms with Crippen molar-refractivity contribution in [1.82, 2.24) is 9.88 Å². The number of carboxylic acids is 1. The van der Waals surface area contributed by atoms with Gasteiger partial charge in [-0.25, -0.2) is 4.79 Å². The van der Waals surface area contributed by atoms with Crippen molar-refractivity contribution in [2.45, 2.75) is 61.8 Å². The highest BCUT2D eigenvalue weighted by atomic mass is 32.2. The van der Waals surface area contributed by atoms with Crippen molar-refractivity contribution < 1.29 is 19.5 Å². The summed E-state index contributed by atoms with van der Waals surface area (Å²) in [7, 11) is 0. The molecule has 0 unspecified atom stereocenters. The molecule has 2 aliphatic heterocycles. The van der Waals surface area contributed by atoms with Gasteiger partial charge >= 0.3 is 10.8 Å². The summed E-state index contributed by atoms with van der Waals surface area (Å²) >= 11 is 2.89. The SMILES string of the molecule is C[C@H](C(=O)O)N1C(=O)[C@@H]2[C@H]3C[C@@H]([C@@H]2C1=O)[C@@H]1[C@@H](c2ccc(C(C)(C)C)cc2)c2sc(=O)[nH]c2S[C@@H]31. The third kappa shape index (κ3) is 3.16. The minimum atomic E-state index is -1.16. The summed E-state index contributed by atoms with van der Waals surface area (Å²) < 4.78 is 0. The number of imide groups is 1. The van der Waals surface area contributed by atoms with E-state index in [1.54, 1.807) is 11.8 Å². The van der Waals surface area contributed by atoms with E-state index >= 15 is 0 Å². The second-order valence-electron chi connectivity index (χ2n) is 11.4. The average Bonchev–Trinajstić information content (AvgIpc) is 3.51. The first-order valence-electron chi connectivity index (χ1n) is 12.1. The second-order valence-corrected chi connectivity index (χ2v) is 13.6. The molecule has 8 atom stereocenters. The molecule has 2 aliphatic carbocycles. The largest absolute Gasteiger partial charge is 0.480 e. The fourth-order valence-corrected chi connectivity index (χ4v) is 9.98. The molecule has 0 radical (unpaired) electrons.